The minimum Gasteiger partial charge on any atom is -0.392 e. The van der Waals surface area contributed by atoms with Gasteiger partial charge in [0.2, 0.25) is 5.91 Å². The number of carbonyl (C=O) groups excluding carboxylic acids is 1. The van der Waals surface area contributed by atoms with Crippen LogP contribution in [0, 0.1) is 0 Å². The molecule has 0 spiro atoms. The zero-order valence-electron chi connectivity index (χ0n) is 11.1. The van der Waals surface area contributed by atoms with Gasteiger partial charge in [0.25, 0.3) is 0 Å². The van der Waals surface area contributed by atoms with E-state index in [2.05, 4.69) is 5.32 Å². The molecule has 0 radical (unpaired) electrons. The summed E-state index contributed by atoms with van der Waals surface area (Å²) in [5.41, 5.74) is 6.48. The number of amides is 1. The second-order valence-corrected chi connectivity index (χ2v) is 5.03. The van der Waals surface area contributed by atoms with Gasteiger partial charge in [0.05, 0.1) is 30.9 Å². The normalized spacial score (nSPS) is 20.1. The van der Waals surface area contributed by atoms with Crippen LogP contribution in [0.25, 0.3) is 0 Å². The summed E-state index contributed by atoms with van der Waals surface area (Å²) in [5, 5.41) is 2.82. The lowest BCUT2D eigenvalue weighted by Crippen LogP contribution is -2.43. The summed E-state index contributed by atoms with van der Waals surface area (Å²) in [6.45, 7) is 2.04. The molecule has 5 nitrogen and oxygen atoms in total. The Morgan fingerprint density at radius 2 is 2.15 bits per heavy atom. The Balaban J connectivity index is 1.95. The molecule has 1 amide bonds. The highest BCUT2D eigenvalue weighted by Crippen LogP contribution is 2.16. The fourth-order valence-corrected chi connectivity index (χ4v) is 2.30. The first-order valence-corrected chi connectivity index (χ1v) is 6.90. The van der Waals surface area contributed by atoms with E-state index in [9.17, 15) is 4.79 Å². The van der Waals surface area contributed by atoms with Crippen molar-refractivity contribution in [2.75, 3.05) is 26.4 Å². The van der Waals surface area contributed by atoms with Gasteiger partial charge in [-0.05, 0) is 5.56 Å². The molecule has 0 aromatic heterocycles. The van der Waals surface area contributed by atoms with Crippen molar-refractivity contribution in [2.24, 2.45) is 5.73 Å². The highest BCUT2D eigenvalue weighted by atomic mass is 32.1. The number of thiocarbonyl (C=S) groups is 1. The van der Waals surface area contributed by atoms with E-state index in [0.29, 0.717) is 26.4 Å². The van der Waals surface area contributed by atoms with Crippen molar-refractivity contribution >= 4 is 23.1 Å². The minimum absolute atomic E-state index is 0.115. The lowest BCUT2D eigenvalue weighted by Gasteiger charge is -2.24. The van der Waals surface area contributed by atoms with Crippen molar-refractivity contribution in [3.63, 3.8) is 0 Å². The van der Waals surface area contributed by atoms with E-state index in [4.69, 9.17) is 27.4 Å². The number of benzene rings is 1. The highest BCUT2D eigenvalue weighted by molar-refractivity contribution is 7.80. The van der Waals surface area contributed by atoms with Crippen LogP contribution in [0.5, 0.6) is 0 Å². The maximum Gasteiger partial charge on any atom is 0.234 e. The maximum absolute atomic E-state index is 12.3. The first-order chi connectivity index (χ1) is 9.68. The molecule has 0 bridgehead atoms. The Bertz CT molecular complexity index is 461. The van der Waals surface area contributed by atoms with Gasteiger partial charge in [-0.25, -0.2) is 0 Å². The number of nitrogens with two attached hydrogens (primary N) is 1. The Morgan fingerprint density at radius 3 is 2.75 bits per heavy atom. The summed E-state index contributed by atoms with van der Waals surface area (Å²) in [6.07, 6.45) is -0.115. The lowest BCUT2D eigenvalue weighted by atomic mass is 9.98. The number of hydrogen-bond acceptors (Lipinski definition) is 4. The van der Waals surface area contributed by atoms with Crippen molar-refractivity contribution < 1.29 is 14.3 Å². The second-order valence-electron chi connectivity index (χ2n) is 4.56. The fourth-order valence-electron chi connectivity index (χ4n) is 2.06. The van der Waals surface area contributed by atoms with Crippen LogP contribution >= 0.6 is 12.2 Å². The Kier molecular flexibility index (Phi) is 5.46. The van der Waals surface area contributed by atoms with E-state index < -0.39 is 5.92 Å². The van der Waals surface area contributed by atoms with Crippen LogP contribution < -0.4 is 11.1 Å². The van der Waals surface area contributed by atoms with E-state index in [0.717, 1.165) is 5.56 Å². The van der Waals surface area contributed by atoms with Gasteiger partial charge in [-0.2, -0.15) is 0 Å². The van der Waals surface area contributed by atoms with Crippen LogP contribution in [-0.4, -0.2) is 43.4 Å². The molecule has 1 heterocycles. The monoisotopic (exact) mass is 294 g/mol. The third-order valence-corrected chi connectivity index (χ3v) is 3.30. The molecule has 0 saturated carbocycles. The van der Waals surface area contributed by atoms with Crippen LogP contribution in [-0.2, 0) is 14.3 Å². The van der Waals surface area contributed by atoms with E-state index in [1.165, 1.54) is 0 Å². The molecule has 1 aliphatic rings. The molecule has 20 heavy (non-hydrogen) atoms. The third-order valence-electron chi connectivity index (χ3n) is 3.07. The quantitative estimate of drug-likeness (QED) is 0.778. The smallest absolute Gasteiger partial charge is 0.234 e. The molecule has 2 atom stereocenters. The van der Waals surface area contributed by atoms with Crippen molar-refractivity contribution in [3.8, 4) is 0 Å². The zero-order chi connectivity index (χ0) is 14.4. The van der Waals surface area contributed by atoms with E-state index in [1.807, 2.05) is 30.3 Å². The van der Waals surface area contributed by atoms with Gasteiger partial charge < -0.3 is 20.5 Å². The molecule has 2 rings (SSSR count). The number of ether oxygens (including phenoxy) is 2. The van der Waals surface area contributed by atoms with Crippen molar-refractivity contribution in [3.05, 3.63) is 35.9 Å². The molecule has 6 heteroatoms. The van der Waals surface area contributed by atoms with Gasteiger partial charge >= 0.3 is 0 Å². The van der Waals surface area contributed by atoms with Crippen LogP contribution in [0.2, 0.25) is 0 Å². The molecular formula is C14H18N2O3S. The van der Waals surface area contributed by atoms with E-state index >= 15 is 0 Å². The minimum atomic E-state index is -0.615. The fraction of sp³-hybridized carbons (Fsp3) is 0.429. The molecule has 2 unspecified atom stereocenters. The van der Waals surface area contributed by atoms with Crippen LogP contribution in [0.1, 0.15) is 11.5 Å². The van der Waals surface area contributed by atoms with Gasteiger partial charge in [0.1, 0.15) is 5.92 Å². The topological polar surface area (TPSA) is 73.6 Å². The summed E-state index contributed by atoms with van der Waals surface area (Å²) in [6, 6.07) is 9.26. The zero-order valence-corrected chi connectivity index (χ0v) is 11.9. The summed E-state index contributed by atoms with van der Waals surface area (Å²) in [7, 11) is 0. The van der Waals surface area contributed by atoms with E-state index in [-0.39, 0.29) is 17.0 Å². The molecule has 0 aliphatic carbocycles. The molecule has 1 aromatic carbocycles. The van der Waals surface area contributed by atoms with Crippen LogP contribution in [0.15, 0.2) is 30.3 Å². The summed E-state index contributed by atoms with van der Waals surface area (Å²) >= 11 is 5.01. The van der Waals surface area contributed by atoms with Crippen LogP contribution in [0.4, 0.5) is 0 Å². The standard InChI is InChI=1S/C14H18N2O3S/c15-13(20)12(10-4-2-1-3-5-10)14(17)16-8-11-9-18-6-7-19-11/h1-5,11-12H,6-9H2,(H2,15,20)(H,16,17). The van der Waals surface area contributed by atoms with Crippen molar-refractivity contribution in [1.82, 2.24) is 5.32 Å². The van der Waals surface area contributed by atoms with E-state index in [1.54, 1.807) is 0 Å². The van der Waals surface area contributed by atoms with Gasteiger partial charge in [-0.15, -0.1) is 0 Å². The lowest BCUT2D eigenvalue weighted by molar-refractivity contribution is -0.124. The molecule has 1 aliphatic heterocycles. The molecule has 1 saturated heterocycles. The predicted octanol–water partition coefficient (Wildman–Crippen LogP) is 0.588. The first kappa shape index (κ1) is 14.9. The van der Waals surface area contributed by atoms with Crippen LogP contribution in [0.3, 0.4) is 0 Å². The van der Waals surface area contributed by atoms with Gasteiger partial charge in [0, 0.05) is 6.54 Å². The Hall–Kier alpha value is -1.50. The number of rotatable bonds is 5. The first-order valence-electron chi connectivity index (χ1n) is 6.50. The van der Waals surface area contributed by atoms with Gasteiger partial charge in [-0.1, -0.05) is 42.5 Å². The molecule has 108 valence electrons. The number of carbonyl (C=O) groups is 1. The second kappa shape index (κ2) is 7.33. The molecule has 1 aromatic rings. The summed E-state index contributed by atoms with van der Waals surface area (Å²) < 4.78 is 10.8. The Labute approximate surface area is 123 Å². The van der Waals surface area contributed by atoms with Crippen molar-refractivity contribution in [2.45, 2.75) is 12.0 Å². The molecule has 1 fully saturated rings. The molecule has 3 N–H and O–H groups in total. The highest BCUT2D eigenvalue weighted by Gasteiger charge is 2.24. The SMILES string of the molecule is NC(=S)C(C(=O)NCC1COCCO1)c1ccccc1. The average molecular weight is 294 g/mol. The third kappa shape index (κ3) is 4.00. The maximum atomic E-state index is 12.3. The number of hydrogen-bond donors (Lipinski definition) is 2. The largest absolute Gasteiger partial charge is 0.392 e. The Morgan fingerprint density at radius 1 is 1.40 bits per heavy atom. The van der Waals surface area contributed by atoms with Gasteiger partial charge in [-0.3, -0.25) is 4.79 Å². The summed E-state index contributed by atoms with van der Waals surface area (Å²) in [4.78, 5) is 12.4. The molecular weight excluding hydrogens is 276 g/mol. The average Bonchev–Trinajstić information content (AvgIpc) is 2.47. The van der Waals surface area contributed by atoms with Gasteiger partial charge in [0.15, 0.2) is 0 Å². The van der Waals surface area contributed by atoms with Crippen molar-refractivity contribution in [1.29, 1.82) is 0 Å². The number of nitrogens with one attached hydrogen (secondary N) is 1. The summed E-state index contributed by atoms with van der Waals surface area (Å²) in [5.74, 6) is -0.825. The predicted molar refractivity (Wildman–Crippen MR) is 79.5 cm³/mol.